The molecule has 0 spiro atoms. The van der Waals surface area contributed by atoms with Crippen LogP contribution in [0.15, 0.2) is 23.6 Å². The number of hydrogen-bond acceptors (Lipinski definition) is 3. The first-order valence-electron chi connectivity index (χ1n) is 6.40. The molecule has 0 radical (unpaired) electrons. The number of thiophene rings is 1. The summed E-state index contributed by atoms with van der Waals surface area (Å²) in [6, 6.07) is 5.81. The average Bonchev–Trinajstić information content (AvgIpc) is 2.75. The van der Waals surface area contributed by atoms with Gasteiger partial charge in [-0.05, 0) is 47.1 Å². The lowest BCUT2D eigenvalue weighted by Crippen LogP contribution is -2.43. The third kappa shape index (κ3) is 2.74. The molecular formula is C15H20O2SSi. The maximum absolute atomic E-state index is 11.0. The topological polar surface area (TPSA) is 26.3 Å². The molecule has 19 heavy (non-hydrogen) atoms. The van der Waals surface area contributed by atoms with Gasteiger partial charge in [-0.25, -0.2) is 0 Å². The summed E-state index contributed by atoms with van der Waals surface area (Å²) in [6.45, 7) is 11.1. The Kier molecular flexibility index (Phi) is 3.58. The van der Waals surface area contributed by atoms with Gasteiger partial charge in [0.2, 0.25) is 0 Å². The number of rotatable bonds is 3. The van der Waals surface area contributed by atoms with Crippen molar-refractivity contribution in [2.45, 2.75) is 38.9 Å². The largest absolute Gasteiger partial charge is 0.543 e. The number of benzene rings is 1. The zero-order valence-corrected chi connectivity index (χ0v) is 13.9. The molecule has 1 aromatic heterocycles. The summed E-state index contributed by atoms with van der Waals surface area (Å²) >= 11 is 1.67. The Balaban J connectivity index is 2.50. The van der Waals surface area contributed by atoms with Gasteiger partial charge < -0.3 is 4.43 Å². The molecule has 2 aromatic rings. The molecule has 0 fully saturated rings. The van der Waals surface area contributed by atoms with E-state index in [9.17, 15) is 4.79 Å². The van der Waals surface area contributed by atoms with Crippen LogP contribution in [0.1, 0.15) is 31.1 Å². The highest BCUT2D eigenvalue weighted by Gasteiger charge is 2.39. The highest BCUT2D eigenvalue weighted by molar-refractivity contribution is 7.17. The van der Waals surface area contributed by atoms with Gasteiger partial charge >= 0.3 is 0 Å². The molecule has 0 amide bonds. The van der Waals surface area contributed by atoms with Crippen molar-refractivity contribution in [1.29, 1.82) is 0 Å². The first-order chi connectivity index (χ1) is 8.74. The minimum atomic E-state index is -1.88. The zero-order valence-electron chi connectivity index (χ0n) is 12.1. The predicted octanol–water partition coefficient (Wildman–Crippen LogP) is 5.10. The quantitative estimate of drug-likeness (QED) is 0.581. The number of aldehydes is 1. The number of carbonyl (C=O) groups is 1. The van der Waals surface area contributed by atoms with Crippen molar-refractivity contribution in [2.24, 2.45) is 0 Å². The van der Waals surface area contributed by atoms with E-state index in [1.54, 1.807) is 11.3 Å². The number of carbonyl (C=O) groups excluding carboxylic acids is 1. The molecule has 1 aromatic carbocycles. The van der Waals surface area contributed by atoms with Crippen molar-refractivity contribution in [3.8, 4) is 5.75 Å². The van der Waals surface area contributed by atoms with Gasteiger partial charge in [0.15, 0.2) is 0 Å². The highest BCUT2D eigenvalue weighted by atomic mass is 32.1. The van der Waals surface area contributed by atoms with E-state index in [0.29, 0.717) is 5.56 Å². The first-order valence-corrected chi connectivity index (χ1v) is 10.2. The van der Waals surface area contributed by atoms with Crippen molar-refractivity contribution in [2.75, 3.05) is 0 Å². The Morgan fingerprint density at radius 2 is 1.95 bits per heavy atom. The van der Waals surface area contributed by atoms with Crippen LogP contribution in [0.25, 0.3) is 10.1 Å². The average molecular weight is 292 g/mol. The van der Waals surface area contributed by atoms with Crippen molar-refractivity contribution in [1.82, 2.24) is 0 Å². The van der Waals surface area contributed by atoms with Gasteiger partial charge in [-0.15, -0.1) is 11.3 Å². The summed E-state index contributed by atoms with van der Waals surface area (Å²) in [7, 11) is -1.88. The van der Waals surface area contributed by atoms with E-state index >= 15 is 0 Å². The second-order valence-electron chi connectivity index (χ2n) is 6.34. The molecule has 0 aliphatic carbocycles. The molecule has 102 valence electrons. The molecule has 4 heteroatoms. The lowest BCUT2D eigenvalue weighted by molar-refractivity contribution is 0.112. The Morgan fingerprint density at radius 3 is 2.53 bits per heavy atom. The summed E-state index contributed by atoms with van der Waals surface area (Å²) in [5.41, 5.74) is 0.680. The number of hydrogen-bond donors (Lipinski definition) is 0. The van der Waals surface area contributed by atoms with Crippen molar-refractivity contribution in [3.63, 3.8) is 0 Å². The number of fused-ring (bicyclic) bond motifs is 1. The van der Waals surface area contributed by atoms with Crippen molar-refractivity contribution in [3.05, 3.63) is 29.1 Å². The molecule has 0 N–H and O–H groups in total. The Morgan fingerprint density at radius 1 is 1.26 bits per heavy atom. The molecule has 0 bridgehead atoms. The van der Waals surface area contributed by atoms with Crippen molar-refractivity contribution < 1.29 is 9.22 Å². The maximum Gasteiger partial charge on any atom is 0.250 e. The molecule has 2 rings (SSSR count). The van der Waals surface area contributed by atoms with Gasteiger partial charge in [0, 0.05) is 5.56 Å². The Hall–Kier alpha value is -1.13. The van der Waals surface area contributed by atoms with Crippen molar-refractivity contribution >= 4 is 36.0 Å². The smallest absolute Gasteiger partial charge is 0.250 e. The Bertz CT molecular complexity index is 608. The normalized spacial score (nSPS) is 12.7. The predicted molar refractivity (Wildman–Crippen MR) is 85.0 cm³/mol. The van der Waals surface area contributed by atoms with E-state index in [4.69, 9.17) is 4.43 Å². The van der Waals surface area contributed by atoms with Crippen LogP contribution in [-0.4, -0.2) is 14.6 Å². The van der Waals surface area contributed by atoms with Gasteiger partial charge in [-0.1, -0.05) is 20.8 Å². The SMILES string of the molecule is CC(C)(C)[Si](C)(C)Oc1cc(C=O)cc2ccsc12. The molecular weight excluding hydrogens is 272 g/mol. The van der Waals surface area contributed by atoms with Crippen LogP contribution < -0.4 is 4.43 Å². The van der Waals surface area contributed by atoms with E-state index in [1.807, 2.05) is 23.6 Å². The van der Waals surface area contributed by atoms with Crippen LogP contribution in [0.4, 0.5) is 0 Å². The van der Waals surface area contributed by atoms with Gasteiger partial charge in [0.25, 0.3) is 8.32 Å². The first kappa shape index (κ1) is 14.3. The fourth-order valence-corrected chi connectivity index (χ4v) is 3.56. The van der Waals surface area contributed by atoms with E-state index in [2.05, 4.69) is 33.9 Å². The van der Waals surface area contributed by atoms with Gasteiger partial charge in [-0.3, -0.25) is 4.79 Å². The minimum Gasteiger partial charge on any atom is -0.543 e. The standard InChI is InChI=1S/C15H20O2SSi/c1-15(2,3)19(4,5)17-13-9-11(10-16)8-12-6-7-18-14(12)13/h6-10H,1-5H3. The second kappa shape index (κ2) is 4.76. The minimum absolute atomic E-state index is 0.147. The maximum atomic E-state index is 11.0. The molecule has 0 saturated heterocycles. The lowest BCUT2D eigenvalue weighted by Gasteiger charge is -2.36. The van der Waals surface area contributed by atoms with Gasteiger partial charge in [-0.2, -0.15) is 0 Å². The molecule has 0 saturated carbocycles. The molecule has 0 atom stereocenters. The van der Waals surface area contributed by atoms with Crippen LogP contribution in [0, 0.1) is 0 Å². The molecule has 0 aliphatic rings. The second-order valence-corrected chi connectivity index (χ2v) is 12.0. The third-order valence-corrected chi connectivity index (χ3v) is 9.13. The van der Waals surface area contributed by atoms with Crippen LogP contribution in [0.2, 0.25) is 18.1 Å². The molecule has 0 aliphatic heterocycles. The van der Waals surface area contributed by atoms with Crippen LogP contribution in [0.3, 0.4) is 0 Å². The van der Waals surface area contributed by atoms with Gasteiger partial charge in [0.05, 0.1) is 4.70 Å². The van der Waals surface area contributed by atoms with E-state index in [-0.39, 0.29) is 5.04 Å². The summed E-state index contributed by atoms with van der Waals surface area (Å²) < 4.78 is 7.51. The van der Waals surface area contributed by atoms with E-state index < -0.39 is 8.32 Å². The third-order valence-electron chi connectivity index (χ3n) is 3.85. The molecule has 1 heterocycles. The lowest BCUT2D eigenvalue weighted by atomic mass is 10.2. The van der Waals surface area contributed by atoms with Crippen LogP contribution in [-0.2, 0) is 0 Å². The molecule has 2 nitrogen and oxygen atoms in total. The summed E-state index contributed by atoms with van der Waals surface area (Å²) in [6.07, 6.45) is 0.885. The fourth-order valence-electron chi connectivity index (χ4n) is 1.64. The van der Waals surface area contributed by atoms with E-state index in [1.165, 1.54) is 0 Å². The monoisotopic (exact) mass is 292 g/mol. The summed E-state index contributed by atoms with van der Waals surface area (Å²) in [4.78, 5) is 11.0. The van der Waals surface area contributed by atoms with E-state index in [0.717, 1.165) is 22.1 Å². The summed E-state index contributed by atoms with van der Waals surface area (Å²) in [5, 5.41) is 3.27. The zero-order chi connectivity index (χ0) is 14.3. The fraction of sp³-hybridized carbons (Fsp3) is 0.400. The highest BCUT2D eigenvalue weighted by Crippen LogP contribution is 2.40. The summed E-state index contributed by atoms with van der Waals surface area (Å²) in [5.74, 6) is 0.862. The van der Waals surface area contributed by atoms with Gasteiger partial charge in [0.1, 0.15) is 12.0 Å². The van der Waals surface area contributed by atoms with Crippen LogP contribution >= 0.6 is 11.3 Å². The molecule has 0 unspecified atom stereocenters. The Labute approximate surface area is 119 Å². The van der Waals surface area contributed by atoms with Crippen LogP contribution in [0.5, 0.6) is 5.75 Å².